The molecule has 2 N–H and O–H groups in total. The lowest BCUT2D eigenvalue weighted by atomic mass is 10.2. The third-order valence-corrected chi connectivity index (χ3v) is 7.02. The second kappa shape index (κ2) is 11.2. The lowest BCUT2D eigenvalue weighted by Gasteiger charge is -2.38. The quantitative estimate of drug-likeness (QED) is 0.460. The van der Waals surface area contributed by atoms with Crippen LogP contribution in [0.5, 0.6) is 17.2 Å². The number of nitrogens with zero attached hydrogens (tertiary/aromatic N) is 2. The Bertz CT molecular complexity index is 1260. The highest BCUT2D eigenvalue weighted by atomic mass is 35.5. The van der Waals surface area contributed by atoms with Crippen LogP contribution < -0.4 is 29.7 Å². The van der Waals surface area contributed by atoms with Gasteiger partial charge in [0, 0.05) is 49.1 Å². The maximum Gasteiger partial charge on any atom is 0.323 e. The van der Waals surface area contributed by atoms with Gasteiger partial charge in [0.05, 0.1) is 12.8 Å². The highest BCUT2D eigenvalue weighted by molar-refractivity contribution is 6.31. The number of anilines is 3. The highest BCUT2D eigenvalue weighted by Gasteiger charge is 2.26. The molecule has 2 heterocycles. The molecule has 2 aliphatic heterocycles. The van der Waals surface area contributed by atoms with E-state index in [0.29, 0.717) is 23.0 Å². The summed E-state index contributed by atoms with van der Waals surface area (Å²) in [6.07, 6.45) is 0.00503. The van der Waals surface area contributed by atoms with E-state index in [2.05, 4.69) is 20.4 Å². The number of benzene rings is 3. The zero-order chi connectivity index (χ0) is 25.8. The van der Waals surface area contributed by atoms with Gasteiger partial charge in [-0.1, -0.05) is 29.8 Å². The van der Waals surface area contributed by atoms with Crippen LogP contribution in [0.15, 0.2) is 60.7 Å². The first-order chi connectivity index (χ1) is 18.0. The molecule has 0 aliphatic carbocycles. The number of piperazine rings is 1. The van der Waals surface area contributed by atoms with E-state index in [9.17, 15) is 4.79 Å². The van der Waals surface area contributed by atoms with Crippen molar-refractivity contribution in [3.63, 3.8) is 0 Å². The Hall–Kier alpha value is -3.62. The Balaban J connectivity index is 1.18. The number of nitrogens with one attached hydrogen (secondary N) is 2. The molecule has 0 bridgehead atoms. The van der Waals surface area contributed by atoms with Gasteiger partial charge in [0.2, 0.25) is 0 Å². The molecular weight excluding hydrogens is 492 g/mol. The SMILES string of the molecule is COc1ccc(NC(=O)Nc2ccc(C)c(Cl)c2)cc1N1CCN(CC2COc3ccccc3O2)CC1. The second-order valence-electron chi connectivity index (χ2n) is 9.21. The minimum atomic E-state index is -0.336. The number of aryl methyl sites for hydroxylation is 1. The molecule has 9 heteroatoms. The monoisotopic (exact) mass is 522 g/mol. The summed E-state index contributed by atoms with van der Waals surface area (Å²) in [5.74, 6) is 2.38. The van der Waals surface area contributed by atoms with Crippen LogP contribution in [-0.2, 0) is 0 Å². The Morgan fingerprint density at radius 1 is 1.00 bits per heavy atom. The van der Waals surface area contributed by atoms with Gasteiger partial charge in [-0.2, -0.15) is 0 Å². The fourth-order valence-corrected chi connectivity index (χ4v) is 4.77. The molecule has 0 saturated carbocycles. The van der Waals surface area contributed by atoms with Crippen molar-refractivity contribution in [2.45, 2.75) is 13.0 Å². The summed E-state index contributed by atoms with van der Waals surface area (Å²) in [4.78, 5) is 17.3. The Morgan fingerprint density at radius 2 is 1.70 bits per heavy atom. The van der Waals surface area contributed by atoms with E-state index in [-0.39, 0.29) is 12.1 Å². The molecule has 3 aromatic carbocycles. The topological polar surface area (TPSA) is 75.3 Å². The zero-order valence-corrected chi connectivity index (χ0v) is 21.8. The molecule has 2 amide bonds. The smallest absolute Gasteiger partial charge is 0.323 e. The van der Waals surface area contributed by atoms with Crippen LogP contribution >= 0.6 is 11.6 Å². The molecule has 1 unspecified atom stereocenters. The van der Waals surface area contributed by atoms with Crippen molar-refractivity contribution in [3.05, 3.63) is 71.2 Å². The van der Waals surface area contributed by atoms with Crippen LogP contribution in [0.25, 0.3) is 0 Å². The Kier molecular flexibility index (Phi) is 7.58. The average molecular weight is 523 g/mol. The van der Waals surface area contributed by atoms with E-state index in [1.54, 1.807) is 13.2 Å². The zero-order valence-electron chi connectivity index (χ0n) is 21.0. The minimum Gasteiger partial charge on any atom is -0.495 e. The first-order valence-corrected chi connectivity index (χ1v) is 12.7. The third kappa shape index (κ3) is 6.03. The lowest BCUT2D eigenvalue weighted by Crippen LogP contribution is -2.50. The summed E-state index contributed by atoms with van der Waals surface area (Å²) < 4.78 is 17.6. The van der Waals surface area contributed by atoms with E-state index in [1.165, 1.54) is 0 Å². The van der Waals surface area contributed by atoms with Gasteiger partial charge in [-0.3, -0.25) is 4.90 Å². The molecule has 1 fully saturated rings. The van der Waals surface area contributed by atoms with Gasteiger partial charge in [-0.15, -0.1) is 0 Å². The van der Waals surface area contributed by atoms with Gasteiger partial charge in [0.1, 0.15) is 18.5 Å². The molecule has 8 nitrogen and oxygen atoms in total. The first-order valence-electron chi connectivity index (χ1n) is 12.4. The summed E-state index contributed by atoms with van der Waals surface area (Å²) in [6.45, 7) is 6.71. The van der Waals surface area contributed by atoms with Crippen LogP contribution in [0.3, 0.4) is 0 Å². The molecule has 1 saturated heterocycles. The fourth-order valence-electron chi connectivity index (χ4n) is 4.59. The number of para-hydroxylation sites is 2. The number of urea groups is 1. The summed E-state index contributed by atoms with van der Waals surface area (Å²) in [7, 11) is 1.66. The van der Waals surface area contributed by atoms with Gasteiger partial charge in [-0.05, 0) is 55.0 Å². The van der Waals surface area contributed by atoms with Crippen molar-refractivity contribution in [1.82, 2.24) is 4.90 Å². The number of hydrogen-bond acceptors (Lipinski definition) is 6. The largest absolute Gasteiger partial charge is 0.495 e. The summed E-state index contributed by atoms with van der Waals surface area (Å²) in [6, 6.07) is 18.5. The summed E-state index contributed by atoms with van der Waals surface area (Å²) >= 11 is 6.17. The van der Waals surface area contributed by atoms with Crippen LogP contribution in [-0.4, -0.2) is 63.5 Å². The lowest BCUT2D eigenvalue weighted by molar-refractivity contribution is 0.0571. The van der Waals surface area contributed by atoms with E-state index >= 15 is 0 Å². The second-order valence-corrected chi connectivity index (χ2v) is 9.62. The van der Waals surface area contributed by atoms with Crippen molar-refractivity contribution in [2.24, 2.45) is 0 Å². The molecule has 37 heavy (non-hydrogen) atoms. The van der Waals surface area contributed by atoms with Crippen LogP contribution in [0.4, 0.5) is 21.9 Å². The van der Waals surface area contributed by atoms with Crippen molar-refractivity contribution in [2.75, 3.05) is 62.0 Å². The molecular formula is C28H31ClN4O4. The number of halogens is 1. The number of ether oxygens (including phenoxy) is 3. The van der Waals surface area contributed by atoms with Crippen molar-refractivity contribution in [3.8, 4) is 17.2 Å². The minimum absolute atomic E-state index is 0.00503. The number of amides is 2. The predicted octanol–water partition coefficient (Wildman–Crippen LogP) is 5.26. The molecule has 2 aliphatic rings. The summed E-state index contributed by atoms with van der Waals surface area (Å²) in [5.41, 5.74) is 3.22. The molecule has 0 radical (unpaired) electrons. The van der Waals surface area contributed by atoms with Crippen molar-refractivity contribution >= 4 is 34.7 Å². The van der Waals surface area contributed by atoms with E-state index < -0.39 is 0 Å². The van der Waals surface area contributed by atoms with Gasteiger partial charge in [0.25, 0.3) is 0 Å². The molecule has 3 aromatic rings. The van der Waals surface area contributed by atoms with E-state index in [1.807, 2.05) is 61.5 Å². The maximum atomic E-state index is 12.6. The van der Waals surface area contributed by atoms with E-state index in [0.717, 1.165) is 61.2 Å². The predicted molar refractivity (Wildman–Crippen MR) is 147 cm³/mol. The van der Waals surface area contributed by atoms with Gasteiger partial charge >= 0.3 is 6.03 Å². The van der Waals surface area contributed by atoms with E-state index in [4.69, 9.17) is 25.8 Å². The van der Waals surface area contributed by atoms with Gasteiger partial charge in [-0.25, -0.2) is 4.79 Å². The number of methoxy groups -OCH3 is 1. The number of hydrogen-bond donors (Lipinski definition) is 2. The highest BCUT2D eigenvalue weighted by Crippen LogP contribution is 2.33. The molecule has 0 aromatic heterocycles. The maximum absolute atomic E-state index is 12.6. The van der Waals surface area contributed by atoms with Gasteiger partial charge < -0.3 is 29.7 Å². The molecule has 5 rings (SSSR count). The Morgan fingerprint density at radius 3 is 2.43 bits per heavy atom. The van der Waals surface area contributed by atoms with Crippen LogP contribution in [0.2, 0.25) is 5.02 Å². The van der Waals surface area contributed by atoms with Crippen molar-refractivity contribution in [1.29, 1.82) is 0 Å². The molecule has 194 valence electrons. The van der Waals surface area contributed by atoms with Gasteiger partial charge in [0.15, 0.2) is 11.5 Å². The molecule has 0 spiro atoms. The van der Waals surface area contributed by atoms with Crippen molar-refractivity contribution < 1.29 is 19.0 Å². The number of rotatable bonds is 6. The normalized spacial score (nSPS) is 17.3. The first kappa shape index (κ1) is 25.0. The third-order valence-electron chi connectivity index (χ3n) is 6.61. The standard InChI is InChI=1S/C28H31ClN4O4/c1-19-7-8-20(15-23(19)29)30-28(34)31-21-9-10-25(35-2)24(16-21)33-13-11-32(12-14-33)17-22-18-36-26-5-3-4-6-27(26)37-22/h3-10,15-16,22H,11-14,17-18H2,1-2H3,(H2,30,31,34). The molecule has 1 atom stereocenters. The number of fused-ring (bicyclic) bond motifs is 1. The summed E-state index contributed by atoms with van der Waals surface area (Å²) in [5, 5.41) is 6.35. The van der Waals surface area contributed by atoms with Crippen LogP contribution in [0.1, 0.15) is 5.56 Å². The fraction of sp³-hybridized carbons (Fsp3) is 0.321. The van der Waals surface area contributed by atoms with Crippen LogP contribution in [0, 0.1) is 6.92 Å². The number of carbonyl (C=O) groups excluding carboxylic acids is 1. The number of carbonyl (C=O) groups is 1. The Labute approximate surface area is 222 Å². The average Bonchev–Trinajstić information content (AvgIpc) is 2.91.